The van der Waals surface area contributed by atoms with Crippen LogP contribution in [-0.2, 0) is 63.7 Å². The van der Waals surface area contributed by atoms with Crippen molar-refractivity contribution in [3.8, 4) is 92.5 Å². The average Bonchev–Trinajstić information content (AvgIpc) is 1.39. The van der Waals surface area contributed by atoms with Gasteiger partial charge in [-0.3, -0.25) is 29.0 Å². The summed E-state index contributed by atoms with van der Waals surface area (Å²) in [5, 5.41) is -3.19. The SMILES string of the molecule is O=C(OC(C(F)(F)F)C(F)(F)F)C(c1ccco1)N1C(=O)c2cc(Oc3ccc(Oc4cc(CC5CO5)ccn4)cc3)c3c4c(Oc5ccc(Oc6cc(CC7CO7)ccn6)cc5)cc5c6c(cc(Oc7ccc(Oc8cc(CC9CO9)ccn8)cc7)c(c7c(Oc8ccc(Oc9cc(CC%10CO%10)ccn9)cc8)cc(c2c37)C1=O)c64)C(=O)N(C(C(=O)OC(C(F)(F)F)C(F)(F)F)c1ccco1)C5=O. The number of hydrogen-bond acceptors (Lipinski definition) is 26. The highest BCUT2D eigenvalue weighted by molar-refractivity contribution is 6.45. The van der Waals surface area contributed by atoms with E-state index >= 15 is 19.2 Å². The molecule has 28 nitrogen and oxygen atoms in total. The normalized spacial score (nSPS) is 17.2. The number of hydrogen-bond donors (Lipinski definition) is 0. The summed E-state index contributed by atoms with van der Waals surface area (Å²) in [7, 11) is 0. The maximum Gasteiger partial charge on any atom is 0.434 e. The number of rotatable bonds is 32. The summed E-state index contributed by atoms with van der Waals surface area (Å²) in [6.07, 6.45) is -25.8. The molecule has 700 valence electrons. The topological polar surface area (TPSA) is 329 Å². The first-order valence-corrected chi connectivity index (χ1v) is 42.2. The Morgan fingerprint density at radius 1 is 0.312 bits per heavy atom. The first kappa shape index (κ1) is 88.6. The van der Waals surface area contributed by atoms with Gasteiger partial charge in [-0.25, -0.2) is 29.5 Å². The number of amides is 4. The number of halogens is 12. The summed E-state index contributed by atoms with van der Waals surface area (Å²) < 4.78 is 272. The zero-order chi connectivity index (χ0) is 95.5. The molecule has 0 aliphatic carbocycles. The van der Waals surface area contributed by atoms with Crippen molar-refractivity contribution >= 4 is 78.7 Å². The second-order valence-electron chi connectivity index (χ2n) is 32.6. The van der Waals surface area contributed by atoms with Crippen LogP contribution in [0.3, 0.4) is 0 Å². The second kappa shape index (κ2) is 34.8. The number of benzene rings is 9. The molecule has 4 fully saturated rings. The Hall–Kier alpha value is -15.9. The van der Waals surface area contributed by atoms with Gasteiger partial charge in [-0.15, -0.1) is 0 Å². The lowest BCUT2D eigenvalue weighted by molar-refractivity contribution is -0.314. The Balaban J connectivity index is 0.836. The third-order valence-corrected chi connectivity index (χ3v) is 23.0. The number of carbonyl (C=O) groups excluding carboxylic acids is 6. The fourth-order valence-electron chi connectivity index (χ4n) is 16.5. The zero-order valence-electron chi connectivity index (χ0n) is 70.4. The molecule has 21 rings (SSSR count). The number of carbonyl (C=O) groups is 6. The van der Waals surface area contributed by atoms with Crippen LogP contribution in [0.1, 0.15) is 87.3 Å². The molecule has 9 aromatic carbocycles. The molecule has 0 bridgehead atoms. The fraction of sp³-hybridized carbons (Fsp3) is 0.204. The van der Waals surface area contributed by atoms with Crippen LogP contribution in [0.5, 0.6) is 92.5 Å². The fourth-order valence-corrected chi connectivity index (χ4v) is 16.5. The number of fused-ring (bicyclic) bond motifs is 2. The maximum absolute atomic E-state index is 16.6. The molecule has 0 N–H and O–H groups in total. The lowest BCUT2D eigenvalue weighted by Crippen LogP contribution is -2.50. The molecular formula is C98H62F12N6O22. The molecular weight excluding hydrogens is 1840 g/mol. The number of epoxide rings is 4. The number of alkyl halides is 12. The first-order chi connectivity index (χ1) is 66.3. The number of imide groups is 2. The summed E-state index contributed by atoms with van der Waals surface area (Å²) in [4.78, 5) is 113. The summed E-state index contributed by atoms with van der Waals surface area (Å²) >= 11 is 0. The standard InChI is InChI=1S/C98H62F12N6O22/c99-95(100,101)93(96(102,103)104)137-91(121)85(67-3-1-29-123-67)115-87(117)63-39-69(129-51-5-13-55(14-6-51)133-73-35-47(21-25-111-73)31-59-43-125-59)79-81-71(131-53-9-17-57(18-10-53)135-75-37-49(23-27-113-75)33-61-45-127-61)41-65-78-66(90(120)116(89(65)119)86(68-4-2-30-124-68)92(122)138-94(97(105,106)107)98(108,109)110)42-72(132-54-11-19-58(20-12-54)136-76-38-50(24-28-114-76)34-62-46-128-62)82(84(78)81)80-70(40-64(88(115)118)77(63)83(79)80)130-52-7-15-56(16-8-52)134-74-36-48(22-26-112-74)32-60-44-126-60/h1-30,35-42,59-62,85-86,93-94H,31-34,43-46H2. The Bertz CT molecular complexity index is 6520. The van der Waals surface area contributed by atoms with Gasteiger partial charge in [-0.2, -0.15) is 52.7 Å². The van der Waals surface area contributed by atoms with Gasteiger partial charge in [-0.1, -0.05) is 0 Å². The average molecular weight is 1900 g/mol. The van der Waals surface area contributed by atoms with E-state index in [-0.39, 0.29) is 136 Å². The van der Waals surface area contributed by atoms with E-state index in [1.165, 1.54) is 122 Å². The first-order valence-electron chi connectivity index (χ1n) is 42.2. The molecule has 6 unspecified atom stereocenters. The van der Waals surface area contributed by atoms with Crippen molar-refractivity contribution in [2.24, 2.45) is 0 Å². The number of nitrogens with zero attached hydrogens (tertiary/aromatic N) is 6. The van der Waals surface area contributed by atoms with Crippen molar-refractivity contribution in [2.45, 2.75) is 99.1 Å². The smallest absolute Gasteiger partial charge is 0.434 e. The summed E-state index contributed by atoms with van der Waals surface area (Å²) in [6, 6.07) is 37.5. The van der Waals surface area contributed by atoms with E-state index in [1.807, 2.05) is 0 Å². The molecule has 6 aliphatic heterocycles. The van der Waals surface area contributed by atoms with Crippen molar-refractivity contribution in [3.05, 3.63) is 287 Å². The van der Waals surface area contributed by atoms with Crippen LogP contribution in [0.15, 0.2) is 240 Å². The number of furan rings is 2. The van der Waals surface area contributed by atoms with Gasteiger partial charge in [-0.05, 0) is 192 Å². The number of aromatic nitrogens is 4. The van der Waals surface area contributed by atoms with E-state index < -0.39 is 152 Å². The Morgan fingerprint density at radius 2 is 0.536 bits per heavy atom. The highest BCUT2D eigenvalue weighted by Gasteiger charge is 2.63. The predicted octanol–water partition coefficient (Wildman–Crippen LogP) is 21.4. The molecule has 6 aromatic heterocycles. The summed E-state index contributed by atoms with van der Waals surface area (Å²) in [5.41, 5.74) is 0.177. The van der Waals surface area contributed by atoms with Gasteiger partial charge in [0.15, 0.2) is 12.1 Å². The minimum Gasteiger partial charge on any atom is -0.466 e. The van der Waals surface area contributed by atoms with E-state index in [0.717, 1.165) is 83.3 Å². The van der Waals surface area contributed by atoms with Gasteiger partial charge in [0.25, 0.3) is 35.8 Å². The number of esters is 2. The van der Waals surface area contributed by atoms with Gasteiger partial charge >= 0.3 is 36.6 Å². The van der Waals surface area contributed by atoms with Crippen LogP contribution in [0.25, 0.3) is 43.1 Å². The van der Waals surface area contributed by atoms with Crippen LogP contribution < -0.4 is 37.9 Å². The van der Waals surface area contributed by atoms with E-state index in [2.05, 4.69) is 29.4 Å². The molecule has 0 saturated carbocycles. The number of ether oxygens (including phenoxy) is 14. The minimum absolute atomic E-state index is 0.00351. The van der Waals surface area contributed by atoms with Crippen LogP contribution >= 0.6 is 0 Å². The van der Waals surface area contributed by atoms with Crippen molar-refractivity contribution in [3.63, 3.8) is 0 Å². The molecule has 0 radical (unpaired) electrons. The highest BCUT2D eigenvalue weighted by Crippen LogP contribution is 2.60. The van der Waals surface area contributed by atoms with Crippen LogP contribution in [0, 0.1) is 0 Å². The Kier molecular flexibility index (Phi) is 22.3. The van der Waals surface area contributed by atoms with Crippen LogP contribution in [0.4, 0.5) is 52.7 Å². The van der Waals surface area contributed by atoms with Crippen molar-refractivity contribution in [2.75, 3.05) is 26.4 Å². The van der Waals surface area contributed by atoms with Crippen LogP contribution in [0.2, 0.25) is 0 Å². The molecule has 138 heavy (non-hydrogen) atoms. The lowest BCUT2D eigenvalue weighted by atomic mass is 9.80. The zero-order valence-corrected chi connectivity index (χ0v) is 70.4. The van der Waals surface area contributed by atoms with Crippen molar-refractivity contribution in [1.29, 1.82) is 0 Å². The molecule has 15 aromatic rings. The highest BCUT2D eigenvalue weighted by atomic mass is 19.4. The number of pyridine rings is 4. The van der Waals surface area contributed by atoms with Gasteiger partial charge in [0.1, 0.15) is 80.5 Å². The second-order valence-corrected chi connectivity index (χ2v) is 32.6. The van der Waals surface area contributed by atoms with Gasteiger partial charge in [0, 0.05) is 118 Å². The van der Waals surface area contributed by atoms with Gasteiger partial charge in [0.2, 0.25) is 23.5 Å². The van der Waals surface area contributed by atoms with E-state index in [1.54, 1.807) is 48.5 Å². The predicted molar refractivity (Wildman–Crippen MR) is 453 cm³/mol. The molecule has 0 spiro atoms. The Morgan fingerprint density at radius 3 is 0.739 bits per heavy atom. The molecule has 6 atom stereocenters. The lowest BCUT2D eigenvalue weighted by Gasteiger charge is -2.35. The van der Waals surface area contributed by atoms with Crippen molar-refractivity contribution < 1.29 is 157 Å². The Labute approximate surface area is 767 Å². The summed E-state index contributed by atoms with van der Waals surface area (Å²) in [6.45, 7) is 2.12. The molecule has 40 heteroatoms. The third-order valence-electron chi connectivity index (χ3n) is 23.0. The van der Waals surface area contributed by atoms with Gasteiger partial charge in [0.05, 0.1) is 85.6 Å². The molecule has 4 saturated heterocycles. The van der Waals surface area contributed by atoms with E-state index in [4.69, 9.17) is 65.7 Å². The third kappa shape index (κ3) is 18.2. The van der Waals surface area contributed by atoms with Crippen molar-refractivity contribution in [1.82, 2.24) is 29.7 Å². The summed E-state index contributed by atoms with van der Waals surface area (Å²) in [5.74, 6) is -15.7. The minimum atomic E-state index is -6.39. The largest absolute Gasteiger partial charge is 0.466 e. The van der Waals surface area contributed by atoms with E-state index in [0.29, 0.717) is 52.1 Å². The maximum atomic E-state index is 16.6. The molecule has 12 heterocycles. The monoisotopic (exact) mass is 1900 g/mol. The van der Waals surface area contributed by atoms with Gasteiger partial charge < -0.3 is 75.2 Å². The molecule has 4 amide bonds. The van der Waals surface area contributed by atoms with E-state index in [9.17, 15) is 62.3 Å². The molecule has 6 aliphatic rings. The quantitative estimate of drug-likeness (QED) is 0.00944. The van der Waals surface area contributed by atoms with Crippen LogP contribution in [-0.4, -0.2) is 153 Å².